The van der Waals surface area contributed by atoms with E-state index >= 15 is 0 Å². The van der Waals surface area contributed by atoms with Gasteiger partial charge in [0.05, 0.1) is 0 Å². The van der Waals surface area contributed by atoms with Gasteiger partial charge in [0.1, 0.15) is 0 Å². The molecule has 84 valence electrons. The first-order chi connectivity index (χ1) is 7.04. The summed E-state index contributed by atoms with van der Waals surface area (Å²) in [5, 5.41) is 5.05. The van der Waals surface area contributed by atoms with E-state index < -0.39 is 10.2 Å². The van der Waals surface area contributed by atoms with Crippen molar-refractivity contribution in [2.24, 2.45) is 5.14 Å². The first-order valence-corrected chi connectivity index (χ1v) is 6.36. The Hall–Kier alpha value is -0.910. The zero-order chi connectivity index (χ0) is 11.3. The lowest BCUT2D eigenvalue weighted by Gasteiger charge is -2.16. The van der Waals surface area contributed by atoms with Crippen LogP contribution in [-0.2, 0) is 16.6 Å². The molecule has 0 saturated carbocycles. The van der Waals surface area contributed by atoms with Crippen molar-refractivity contribution in [1.29, 1.82) is 0 Å². The predicted molar refractivity (Wildman–Crippen MR) is 60.5 cm³/mol. The number of nitrogens with zero attached hydrogens (tertiary/aromatic N) is 1. The molecule has 0 bridgehead atoms. The second kappa shape index (κ2) is 5.25. The minimum atomic E-state index is -3.55. The minimum Gasteiger partial charge on any atom is -0.216 e. The lowest BCUT2D eigenvalue weighted by Crippen LogP contribution is -2.37. The zero-order valence-electron chi connectivity index (χ0n) is 8.76. The highest BCUT2D eigenvalue weighted by Crippen LogP contribution is 2.02. The Balaban J connectivity index is 2.56. The van der Waals surface area contributed by atoms with Crippen molar-refractivity contribution in [3.05, 3.63) is 35.9 Å². The monoisotopic (exact) mass is 228 g/mol. The third-order valence-corrected chi connectivity index (χ3v) is 3.37. The molecule has 0 spiro atoms. The van der Waals surface area contributed by atoms with Crippen molar-refractivity contribution >= 4 is 10.2 Å². The van der Waals surface area contributed by atoms with Crippen molar-refractivity contribution in [1.82, 2.24) is 4.31 Å². The first kappa shape index (κ1) is 12.2. The third kappa shape index (κ3) is 3.99. The summed E-state index contributed by atoms with van der Waals surface area (Å²) in [6.45, 7) is 2.61. The highest BCUT2D eigenvalue weighted by atomic mass is 32.2. The van der Waals surface area contributed by atoms with E-state index in [0.717, 1.165) is 5.56 Å². The van der Waals surface area contributed by atoms with Gasteiger partial charge in [0.2, 0.25) is 0 Å². The Morgan fingerprint density at radius 1 is 1.27 bits per heavy atom. The van der Waals surface area contributed by atoms with Gasteiger partial charge >= 0.3 is 0 Å². The number of hydrogen-bond acceptors (Lipinski definition) is 2. The van der Waals surface area contributed by atoms with E-state index in [1.807, 2.05) is 30.3 Å². The van der Waals surface area contributed by atoms with Gasteiger partial charge in [0, 0.05) is 13.1 Å². The maximum absolute atomic E-state index is 11.1. The van der Waals surface area contributed by atoms with Crippen LogP contribution >= 0.6 is 0 Å². The van der Waals surface area contributed by atoms with E-state index in [-0.39, 0.29) is 0 Å². The minimum absolute atomic E-state index is 0.408. The summed E-state index contributed by atoms with van der Waals surface area (Å²) >= 11 is 0. The molecule has 0 unspecified atom stereocenters. The second-order valence-corrected chi connectivity index (χ2v) is 4.82. The van der Waals surface area contributed by atoms with Crippen LogP contribution in [0.1, 0.15) is 12.5 Å². The van der Waals surface area contributed by atoms with Crippen LogP contribution in [0.3, 0.4) is 0 Å². The summed E-state index contributed by atoms with van der Waals surface area (Å²) in [5.74, 6) is 0. The molecule has 0 aromatic heterocycles. The maximum atomic E-state index is 11.1. The second-order valence-electron chi connectivity index (χ2n) is 3.27. The SMILES string of the molecule is CCN(CCc1ccccc1)S(N)(=O)=O. The smallest absolute Gasteiger partial charge is 0.216 e. The van der Waals surface area contributed by atoms with E-state index in [2.05, 4.69) is 0 Å². The quantitative estimate of drug-likeness (QED) is 0.808. The molecular formula is C10H16N2O2S. The van der Waals surface area contributed by atoms with Crippen LogP contribution in [0.2, 0.25) is 0 Å². The molecule has 0 saturated heterocycles. The highest BCUT2D eigenvalue weighted by molar-refractivity contribution is 7.86. The summed E-state index contributed by atoms with van der Waals surface area (Å²) < 4.78 is 23.4. The average molecular weight is 228 g/mol. The summed E-state index contributed by atoms with van der Waals surface area (Å²) in [6.07, 6.45) is 0.686. The van der Waals surface area contributed by atoms with Crippen molar-refractivity contribution in [3.63, 3.8) is 0 Å². The van der Waals surface area contributed by atoms with Crippen LogP contribution in [0, 0.1) is 0 Å². The molecule has 0 radical (unpaired) electrons. The number of nitrogens with two attached hydrogens (primary N) is 1. The van der Waals surface area contributed by atoms with Crippen LogP contribution in [-0.4, -0.2) is 25.8 Å². The van der Waals surface area contributed by atoms with Crippen LogP contribution in [0.5, 0.6) is 0 Å². The lowest BCUT2D eigenvalue weighted by atomic mass is 10.1. The molecule has 1 rings (SSSR count). The molecule has 0 heterocycles. The van der Waals surface area contributed by atoms with Crippen molar-refractivity contribution in [2.45, 2.75) is 13.3 Å². The Kier molecular flexibility index (Phi) is 4.26. The molecule has 15 heavy (non-hydrogen) atoms. The highest BCUT2D eigenvalue weighted by Gasteiger charge is 2.13. The predicted octanol–water partition coefficient (Wildman–Crippen LogP) is 0.755. The van der Waals surface area contributed by atoms with Gasteiger partial charge in [-0.2, -0.15) is 12.7 Å². The normalized spacial score (nSPS) is 11.9. The average Bonchev–Trinajstić information content (AvgIpc) is 2.18. The number of hydrogen-bond donors (Lipinski definition) is 1. The van der Waals surface area contributed by atoms with E-state index in [0.29, 0.717) is 19.5 Å². The van der Waals surface area contributed by atoms with Gasteiger partial charge in [-0.15, -0.1) is 0 Å². The van der Waals surface area contributed by atoms with Gasteiger partial charge in [-0.25, -0.2) is 5.14 Å². The standard InChI is InChI=1S/C10H16N2O2S/c1-2-12(15(11,13)14)9-8-10-6-4-3-5-7-10/h3-7H,2,8-9H2,1H3,(H2,11,13,14). The zero-order valence-corrected chi connectivity index (χ0v) is 9.57. The molecule has 0 aliphatic rings. The van der Waals surface area contributed by atoms with Crippen LogP contribution in [0.25, 0.3) is 0 Å². The molecule has 0 atom stereocenters. The Morgan fingerprint density at radius 2 is 1.87 bits per heavy atom. The largest absolute Gasteiger partial charge is 0.276 e. The molecular weight excluding hydrogens is 212 g/mol. The molecule has 1 aromatic rings. The van der Waals surface area contributed by atoms with Crippen molar-refractivity contribution in [2.75, 3.05) is 13.1 Å². The molecule has 5 heteroatoms. The fourth-order valence-electron chi connectivity index (χ4n) is 1.36. The maximum Gasteiger partial charge on any atom is 0.276 e. The first-order valence-electron chi connectivity index (χ1n) is 4.86. The molecule has 4 nitrogen and oxygen atoms in total. The lowest BCUT2D eigenvalue weighted by molar-refractivity contribution is 0.432. The van der Waals surface area contributed by atoms with Gasteiger partial charge in [-0.1, -0.05) is 37.3 Å². The van der Waals surface area contributed by atoms with Gasteiger partial charge in [-0.3, -0.25) is 0 Å². The molecule has 0 fully saturated rings. The van der Waals surface area contributed by atoms with Gasteiger partial charge in [0.25, 0.3) is 10.2 Å². The topological polar surface area (TPSA) is 63.4 Å². The van der Waals surface area contributed by atoms with Gasteiger partial charge in [0.15, 0.2) is 0 Å². The third-order valence-electron chi connectivity index (χ3n) is 2.21. The summed E-state index contributed by atoms with van der Waals surface area (Å²) in [4.78, 5) is 0. The number of rotatable bonds is 5. The Morgan fingerprint density at radius 3 is 2.33 bits per heavy atom. The van der Waals surface area contributed by atoms with Crippen molar-refractivity contribution in [3.8, 4) is 0 Å². The van der Waals surface area contributed by atoms with E-state index in [4.69, 9.17) is 5.14 Å². The molecule has 0 aliphatic carbocycles. The van der Waals surface area contributed by atoms with E-state index in [1.165, 1.54) is 4.31 Å². The molecule has 0 aliphatic heterocycles. The van der Waals surface area contributed by atoms with Crippen LogP contribution in [0.4, 0.5) is 0 Å². The molecule has 2 N–H and O–H groups in total. The van der Waals surface area contributed by atoms with E-state index in [9.17, 15) is 8.42 Å². The summed E-state index contributed by atoms with van der Waals surface area (Å²) in [7, 11) is -3.55. The summed E-state index contributed by atoms with van der Waals surface area (Å²) in [6, 6.07) is 9.74. The van der Waals surface area contributed by atoms with Gasteiger partial charge in [-0.05, 0) is 12.0 Å². The fraction of sp³-hybridized carbons (Fsp3) is 0.400. The number of likely N-dealkylation sites (N-methyl/N-ethyl adjacent to an activating group) is 1. The fourth-order valence-corrected chi connectivity index (χ4v) is 2.07. The van der Waals surface area contributed by atoms with E-state index in [1.54, 1.807) is 6.92 Å². The van der Waals surface area contributed by atoms with Crippen LogP contribution in [0.15, 0.2) is 30.3 Å². The van der Waals surface area contributed by atoms with Gasteiger partial charge < -0.3 is 0 Å². The Labute approximate surface area is 90.9 Å². The number of benzene rings is 1. The summed E-state index contributed by atoms with van der Waals surface area (Å²) in [5.41, 5.74) is 1.11. The Bertz CT molecular complexity index is 389. The van der Waals surface area contributed by atoms with Crippen molar-refractivity contribution < 1.29 is 8.42 Å². The molecule has 1 aromatic carbocycles. The van der Waals surface area contributed by atoms with Crippen LogP contribution < -0.4 is 5.14 Å². The molecule has 0 amide bonds.